The first-order valence-electron chi connectivity index (χ1n) is 11.4. The molecule has 194 valence electrons. The Morgan fingerprint density at radius 1 is 1.11 bits per heavy atom. The van der Waals surface area contributed by atoms with E-state index < -0.39 is 34.4 Å². The van der Waals surface area contributed by atoms with Gasteiger partial charge in [0.2, 0.25) is 10.0 Å². The Morgan fingerprint density at radius 2 is 1.86 bits per heavy atom. The first kappa shape index (κ1) is 26.3. The molecule has 2 heterocycles. The number of nitrogens with one attached hydrogen (secondary N) is 2. The second-order valence-electron chi connectivity index (χ2n) is 8.24. The van der Waals surface area contributed by atoms with Gasteiger partial charge in [-0.15, -0.1) is 11.3 Å². The van der Waals surface area contributed by atoms with E-state index in [1.807, 2.05) is 0 Å². The van der Waals surface area contributed by atoms with Crippen molar-refractivity contribution in [1.82, 2.24) is 4.72 Å². The van der Waals surface area contributed by atoms with E-state index in [2.05, 4.69) is 10.0 Å². The first-order valence-corrected chi connectivity index (χ1v) is 13.7. The predicted molar refractivity (Wildman–Crippen MR) is 137 cm³/mol. The smallest absolute Gasteiger partial charge is 0.331 e. The molecule has 4 rings (SSSR count). The molecule has 0 aliphatic heterocycles. The molecule has 37 heavy (non-hydrogen) atoms. The number of esters is 1. The van der Waals surface area contributed by atoms with Crippen molar-refractivity contribution in [3.05, 3.63) is 76.1 Å². The summed E-state index contributed by atoms with van der Waals surface area (Å²) in [5, 5.41) is 3.01. The summed E-state index contributed by atoms with van der Waals surface area (Å²) >= 11 is 1.33. The molecule has 0 saturated heterocycles. The molecule has 0 fully saturated rings. The molecule has 12 heteroatoms. The molecular weight excluding hydrogens is 518 g/mol. The summed E-state index contributed by atoms with van der Waals surface area (Å²) < 4.78 is 37.3. The quantitative estimate of drug-likeness (QED) is 0.262. The second kappa shape index (κ2) is 11.5. The van der Waals surface area contributed by atoms with Gasteiger partial charge >= 0.3 is 5.97 Å². The van der Waals surface area contributed by atoms with E-state index in [9.17, 15) is 22.8 Å². The van der Waals surface area contributed by atoms with Crippen molar-refractivity contribution in [2.45, 2.75) is 37.1 Å². The molecule has 1 aromatic carbocycles. The number of anilines is 1. The zero-order valence-corrected chi connectivity index (χ0v) is 21.3. The highest BCUT2D eigenvalue weighted by Gasteiger charge is 2.25. The maximum Gasteiger partial charge on any atom is 0.331 e. The molecule has 10 nitrogen and oxygen atoms in total. The third-order valence-corrected chi connectivity index (χ3v) is 8.26. The number of benzene rings is 1. The van der Waals surface area contributed by atoms with Crippen LogP contribution in [-0.4, -0.2) is 32.8 Å². The van der Waals surface area contributed by atoms with Gasteiger partial charge in [-0.3, -0.25) is 9.59 Å². The van der Waals surface area contributed by atoms with Gasteiger partial charge in [0.15, 0.2) is 6.61 Å². The van der Waals surface area contributed by atoms with E-state index in [4.69, 9.17) is 14.9 Å². The number of thiophene rings is 1. The van der Waals surface area contributed by atoms with Gasteiger partial charge in [0.25, 0.3) is 11.8 Å². The lowest BCUT2D eigenvalue weighted by Gasteiger charge is -2.11. The molecule has 0 bridgehead atoms. The zero-order valence-electron chi connectivity index (χ0n) is 19.7. The lowest BCUT2D eigenvalue weighted by Crippen LogP contribution is -2.22. The number of carbonyl (C=O) groups is 3. The number of primary amides is 1. The minimum absolute atomic E-state index is 0.0229. The Bertz CT molecular complexity index is 1420. The maximum atomic E-state index is 12.4. The van der Waals surface area contributed by atoms with Crippen LogP contribution in [-0.2, 0) is 43.7 Å². The summed E-state index contributed by atoms with van der Waals surface area (Å²) in [6, 6.07) is 9.19. The van der Waals surface area contributed by atoms with Crippen LogP contribution in [0.3, 0.4) is 0 Å². The Hall–Kier alpha value is -3.74. The monoisotopic (exact) mass is 543 g/mol. The number of hydrogen-bond donors (Lipinski definition) is 3. The van der Waals surface area contributed by atoms with Gasteiger partial charge in [-0.2, -0.15) is 0 Å². The molecule has 1 aliphatic carbocycles. The summed E-state index contributed by atoms with van der Waals surface area (Å²) in [6.45, 7) is -0.516. The molecule has 0 radical (unpaired) electrons. The maximum absolute atomic E-state index is 12.4. The number of hydrogen-bond acceptors (Lipinski definition) is 8. The van der Waals surface area contributed by atoms with Gasteiger partial charge in [0.05, 0.1) is 23.3 Å². The number of rotatable bonds is 10. The highest BCUT2D eigenvalue weighted by Crippen LogP contribution is 2.37. The van der Waals surface area contributed by atoms with Crippen molar-refractivity contribution >= 4 is 50.2 Å². The van der Waals surface area contributed by atoms with Gasteiger partial charge in [-0.1, -0.05) is 12.1 Å². The fourth-order valence-corrected chi connectivity index (χ4v) is 6.15. The van der Waals surface area contributed by atoms with E-state index in [-0.39, 0.29) is 11.4 Å². The number of furan rings is 1. The number of sulfonamides is 1. The molecule has 0 atom stereocenters. The SMILES string of the molecule is NC(=O)c1c(NC(=O)COC(=O)/C=C/c2ccc(S(=O)(=O)NCc3ccco3)cc2)sc2c1CCCC2. The fraction of sp³-hybridized carbons (Fsp3) is 0.240. The topological polar surface area (TPSA) is 158 Å². The Balaban J connectivity index is 1.28. The number of fused-ring (bicyclic) bond motifs is 1. The van der Waals surface area contributed by atoms with Gasteiger partial charge < -0.3 is 20.2 Å². The normalized spacial score (nSPS) is 13.3. The standard InChI is InChI=1S/C25H25N3O7S2/c26-24(31)23-19-5-1-2-6-20(19)36-25(23)28-21(29)15-35-22(30)12-9-16-7-10-18(11-8-16)37(32,33)27-14-17-4-3-13-34-17/h3-4,7-13,27H,1-2,5-6,14-15H2,(H2,26,31)(H,28,29)/b12-9+. The van der Waals surface area contributed by atoms with Crippen molar-refractivity contribution < 1.29 is 32.0 Å². The molecule has 2 aromatic heterocycles. The van der Waals surface area contributed by atoms with Gasteiger partial charge in [-0.25, -0.2) is 17.9 Å². The Morgan fingerprint density at radius 3 is 2.57 bits per heavy atom. The highest BCUT2D eigenvalue weighted by atomic mass is 32.2. The van der Waals surface area contributed by atoms with E-state index in [1.54, 1.807) is 12.1 Å². The van der Waals surface area contributed by atoms with Crippen molar-refractivity contribution in [1.29, 1.82) is 0 Å². The van der Waals surface area contributed by atoms with Crippen molar-refractivity contribution in [3.63, 3.8) is 0 Å². The molecular formula is C25H25N3O7S2. The summed E-state index contributed by atoms with van der Waals surface area (Å²) in [6.07, 6.45) is 7.58. The summed E-state index contributed by atoms with van der Waals surface area (Å²) in [7, 11) is -3.74. The van der Waals surface area contributed by atoms with Crippen molar-refractivity contribution in [2.75, 3.05) is 11.9 Å². The van der Waals surface area contributed by atoms with Gasteiger partial charge in [0.1, 0.15) is 10.8 Å². The predicted octanol–water partition coefficient (Wildman–Crippen LogP) is 2.99. The molecule has 1 aliphatic rings. The lowest BCUT2D eigenvalue weighted by atomic mass is 9.95. The van der Waals surface area contributed by atoms with E-state index >= 15 is 0 Å². The van der Waals surface area contributed by atoms with Crippen LogP contribution in [0.25, 0.3) is 6.08 Å². The number of nitrogens with two attached hydrogens (primary N) is 1. The minimum Gasteiger partial charge on any atom is -0.468 e. The highest BCUT2D eigenvalue weighted by molar-refractivity contribution is 7.89. The Labute approximate surface area is 217 Å². The minimum atomic E-state index is -3.74. The number of carbonyl (C=O) groups excluding carboxylic acids is 3. The average molecular weight is 544 g/mol. The van der Waals surface area contributed by atoms with Crippen LogP contribution in [0, 0.1) is 0 Å². The summed E-state index contributed by atoms with van der Waals surface area (Å²) in [4.78, 5) is 37.4. The lowest BCUT2D eigenvalue weighted by molar-refractivity contribution is -0.142. The molecule has 0 spiro atoms. The molecule has 3 aromatic rings. The second-order valence-corrected chi connectivity index (χ2v) is 11.1. The molecule has 4 N–H and O–H groups in total. The van der Waals surface area contributed by atoms with E-state index in [0.717, 1.165) is 42.2 Å². The van der Waals surface area contributed by atoms with Crippen LogP contribution in [0.15, 0.2) is 58.1 Å². The van der Waals surface area contributed by atoms with E-state index in [0.29, 0.717) is 21.9 Å². The number of amides is 2. The molecule has 0 saturated carbocycles. The average Bonchev–Trinajstić information content (AvgIpc) is 3.53. The number of aryl methyl sites for hydroxylation is 1. The van der Waals surface area contributed by atoms with Crippen LogP contribution in [0.1, 0.15) is 45.0 Å². The zero-order chi connectivity index (χ0) is 26.4. The van der Waals surface area contributed by atoms with Crippen LogP contribution < -0.4 is 15.8 Å². The summed E-state index contributed by atoms with van der Waals surface area (Å²) in [5.41, 5.74) is 7.31. The van der Waals surface area contributed by atoms with Crippen molar-refractivity contribution in [2.24, 2.45) is 5.73 Å². The third-order valence-electron chi connectivity index (χ3n) is 5.63. The van der Waals surface area contributed by atoms with Gasteiger partial charge in [0, 0.05) is 11.0 Å². The third kappa shape index (κ3) is 6.73. The number of ether oxygens (including phenoxy) is 1. The van der Waals surface area contributed by atoms with Gasteiger partial charge in [-0.05, 0) is 67.2 Å². The Kier molecular flexibility index (Phi) is 8.21. The molecule has 2 amide bonds. The largest absolute Gasteiger partial charge is 0.468 e. The van der Waals surface area contributed by atoms with Crippen LogP contribution >= 0.6 is 11.3 Å². The van der Waals surface area contributed by atoms with Crippen molar-refractivity contribution in [3.8, 4) is 0 Å². The summed E-state index contributed by atoms with van der Waals surface area (Å²) in [5.74, 6) is -1.45. The van der Waals surface area contributed by atoms with Crippen LogP contribution in [0.4, 0.5) is 5.00 Å². The first-order chi connectivity index (χ1) is 17.7. The van der Waals surface area contributed by atoms with Crippen LogP contribution in [0.2, 0.25) is 0 Å². The van der Waals surface area contributed by atoms with E-state index in [1.165, 1.54) is 47.9 Å². The van der Waals surface area contributed by atoms with Crippen LogP contribution in [0.5, 0.6) is 0 Å². The fourth-order valence-electron chi connectivity index (χ4n) is 3.85. The molecule has 0 unspecified atom stereocenters.